The average molecular weight is 154 g/mol. The van der Waals surface area contributed by atoms with Gasteiger partial charge in [0.15, 0.2) is 5.69 Å². The highest BCUT2D eigenvalue weighted by Crippen LogP contribution is 2.30. The summed E-state index contributed by atoms with van der Waals surface area (Å²) in [5.41, 5.74) is 0.195. The number of para-hydroxylation sites is 1. The van der Waals surface area contributed by atoms with Gasteiger partial charge in [-0.1, -0.05) is 18.2 Å². The van der Waals surface area contributed by atoms with Gasteiger partial charge >= 0.3 is 0 Å². The van der Waals surface area contributed by atoms with Gasteiger partial charge in [-0.15, -0.1) is 0 Å². The molecule has 0 saturated heterocycles. The number of rotatable bonds is 0. The lowest BCUT2D eigenvalue weighted by Gasteiger charge is -1.94. The summed E-state index contributed by atoms with van der Waals surface area (Å²) in [7, 11) is 0. The number of benzene rings is 1. The topological polar surface area (TPSA) is 32.5 Å². The molecule has 0 saturated carbocycles. The molecule has 0 heterocycles. The molecule has 3 nitrogen and oxygen atoms in total. The normalized spacial score (nSPS) is 8.92. The standard InChI is InChI=1S/C9H3N3/c1-11-8-5-3-4-7(6-10)9(8)12-2/h3-5H/i3D. The molecule has 12 heavy (non-hydrogen) atoms. The molecule has 0 aliphatic rings. The van der Waals surface area contributed by atoms with Crippen molar-refractivity contribution in [1.29, 1.82) is 5.26 Å². The highest BCUT2D eigenvalue weighted by Gasteiger charge is 2.06. The Balaban J connectivity index is 3.59. The van der Waals surface area contributed by atoms with E-state index in [-0.39, 0.29) is 23.0 Å². The van der Waals surface area contributed by atoms with Gasteiger partial charge < -0.3 is 0 Å². The van der Waals surface area contributed by atoms with Crippen LogP contribution in [0.4, 0.5) is 11.4 Å². The van der Waals surface area contributed by atoms with Crippen LogP contribution in [-0.2, 0) is 0 Å². The van der Waals surface area contributed by atoms with Crippen LogP contribution in [-0.4, -0.2) is 0 Å². The molecule has 54 valence electrons. The zero-order chi connectivity index (χ0) is 9.84. The van der Waals surface area contributed by atoms with Crippen LogP contribution >= 0.6 is 0 Å². The predicted octanol–water partition coefficient (Wildman–Crippen LogP) is 2.66. The van der Waals surface area contributed by atoms with Crippen molar-refractivity contribution in [3.05, 3.63) is 46.6 Å². The molecule has 0 aliphatic heterocycles. The van der Waals surface area contributed by atoms with Crippen molar-refractivity contribution >= 4 is 11.4 Å². The van der Waals surface area contributed by atoms with E-state index in [4.69, 9.17) is 19.8 Å². The quantitative estimate of drug-likeness (QED) is 0.528. The average Bonchev–Trinajstić information content (AvgIpc) is 2.16. The van der Waals surface area contributed by atoms with Crippen LogP contribution in [0.15, 0.2) is 18.2 Å². The van der Waals surface area contributed by atoms with Gasteiger partial charge in [0, 0.05) is 5.56 Å². The summed E-state index contributed by atoms with van der Waals surface area (Å²) in [4.78, 5) is 6.16. The van der Waals surface area contributed by atoms with Crippen molar-refractivity contribution in [1.82, 2.24) is 0 Å². The Labute approximate surface area is 71.5 Å². The minimum absolute atomic E-state index is 0.0356. The lowest BCUT2D eigenvalue weighted by Crippen LogP contribution is -1.72. The van der Waals surface area contributed by atoms with E-state index in [0.717, 1.165) is 0 Å². The Bertz CT molecular complexity index is 436. The first-order valence-corrected chi connectivity index (χ1v) is 3.02. The molecule has 0 N–H and O–H groups in total. The van der Waals surface area contributed by atoms with Crippen LogP contribution in [0.25, 0.3) is 9.69 Å². The molecule has 1 aromatic carbocycles. The SMILES string of the molecule is [2H]c1cc(C#N)c([N+]#[C-])c([N+]#[C-])c1. The van der Waals surface area contributed by atoms with Gasteiger partial charge in [0.1, 0.15) is 0 Å². The summed E-state index contributed by atoms with van der Waals surface area (Å²) in [6.45, 7) is 13.5. The fraction of sp³-hybridized carbons (Fsp3) is 0. The maximum atomic E-state index is 8.61. The molecule has 0 amide bonds. The Morgan fingerprint density at radius 2 is 2.17 bits per heavy atom. The number of hydrogen-bond donors (Lipinski definition) is 0. The molecule has 0 radical (unpaired) electrons. The van der Waals surface area contributed by atoms with Gasteiger partial charge in [0.05, 0.1) is 20.6 Å². The third-order valence-corrected chi connectivity index (χ3v) is 1.30. The van der Waals surface area contributed by atoms with E-state index in [1.54, 1.807) is 6.07 Å². The molecule has 0 atom stereocenters. The molecular weight excluding hydrogens is 150 g/mol. The number of nitriles is 1. The predicted molar refractivity (Wildman–Crippen MR) is 43.7 cm³/mol. The minimum Gasteiger partial charge on any atom is -0.250 e. The second kappa shape index (κ2) is 3.19. The van der Waals surface area contributed by atoms with Crippen LogP contribution < -0.4 is 0 Å². The highest BCUT2D eigenvalue weighted by molar-refractivity contribution is 5.76. The lowest BCUT2D eigenvalue weighted by atomic mass is 10.2. The van der Waals surface area contributed by atoms with Crippen LogP contribution in [0.3, 0.4) is 0 Å². The number of hydrogen-bond acceptors (Lipinski definition) is 1. The van der Waals surface area contributed by atoms with E-state index in [9.17, 15) is 0 Å². The summed E-state index contributed by atoms with van der Waals surface area (Å²) in [6.07, 6.45) is 0. The molecule has 1 aromatic rings. The molecule has 0 spiro atoms. The fourth-order valence-corrected chi connectivity index (χ4v) is 0.767. The Kier molecular flexibility index (Phi) is 1.70. The maximum absolute atomic E-state index is 8.61. The van der Waals surface area contributed by atoms with Gasteiger partial charge in [-0.25, -0.2) is 4.85 Å². The smallest absolute Gasteiger partial charge is 0.211 e. The van der Waals surface area contributed by atoms with E-state index in [2.05, 4.69) is 9.69 Å². The van der Waals surface area contributed by atoms with Crippen LogP contribution in [0.2, 0.25) is 0 Å². The fourth-order valence-electron chi connectivity index (χ4n) is 0.767. The second-order valence-corrected chi connectivity index (χ2v) is 1.94. The first-order valence-electron chi connectivity index (χ1n) is 3.52. The van der Waals surface area contributed by atoms with Gasteiger partial charge in [-0.2, -0.15) is 5.26 Å². The van der Waals surface area contributed by atoms with Crippen molar-refractivity contribution in [2.75, 3.05) is 0 Å². The van der Waals surface area contributed by atoms with Crippen LogP contribution in [0.1, 0.15) is 6.93 Å². The highest BCUT2D eigenvalue weighted by atomic mass is 14.8. The van der Waals surface area contributed by atoms with Crippen LogP contribution in [0.5, 0.6) is 0 Å². The zero-order valence-corrected chi connectivity index (χ0v) is 6.00. The molecule has 0 bridgehead atoms. The molecule has 0 aliphatic carbocycles. The second-order valence-electron chi connectivity index (χ2n) is 1.94. The summed E-state index contributed by atoms with van der Waals surface area (Å²) >= 11 is 0. The van der Waals surface area contributed by atoms with Gasteiger partial charge in [-0.05, 0) is 0 Å². The minimum atomic E-state index is 0.0356. The molecule has 3 heteroatoms. The van der Waals surface area contributed by atoms with Crippen molar-refractivity contribution in [2.24, 2.45) is 0 Å². The van der Waals surface area contributed by atoms with Crippen molar-refractivity contribution in [3.8, 4) is 6.07 Å². The zero-order valence-electron chi connectivity index (χ0n) is 7.00. The van der Waals surface area contributed by atoms with E-state index in [1.165, 1.54) is 12.1 Å². The maximum Gasteiger partial charge on any atom is 0.211 e. The van der Waals surface area contributed by atoms with Crippen molar-refractivity contribution < 1.29 is 1.37 Å². The summed E-state index contributed by atoms with van der Waals surface area (Å²) in [5.74, 6) is 0. The van der Waals surface area contributed by atoms with E-state index in [0.29, 0.717) is 0 Å². The first kappa shape index (κ1) is 6.40. The third-order valence-electron chi connectivity index (χ3n) is 1.30. The van der Waals surface area contributed by atoms with Crippen molar-refractivity contribution in [3.63, 3.8) is 0 Å². The summed E-state index contributed by atoms with van der Waals surface area (Å²) in [5, 5.41) is 8.61. The summed E-state index contributed by atoms with van der Waals surface area (Å²) in [6, 6.07) is 4.42. The largest absolute Gasteiger partial charge is 0.250 e. The van der Waals surface area contributed by atoms with E-state index < -0.39 is 0 Å². The van der Waals surface area contributed by atoms with Gasteiger partial charge in [-0.3, -0.25) is 4.85 Å². The molecule has 0 aromatic heterocycles. The lowest BCUT2D eigenvalue weighted by molar-refractivity contribution is 1.49. The van der Waals surface area contributed by atoms with E-state index >= 15 is 0 Å². The molecule has 1 rings (SSSR count). The Hall–Kier alpha value is -2.31. The molecule has 0 unspecified atom stereocenters. The third kappa shape index (κ3) is 1.10. The van der Waals surface area contributed by atoms with Gasteiger partial charge in [0.2, 0.25) is 5.69 Å². The van der Waals surface area contributed by atoms with Crippen molar-refractivity contribution in [2.45, 2.75) is 0 Å². The Morgan fingerprint density at radius 3 is 2.67 bits per heavy atom. The van der Waals surface area contributed by atoms with E-state index in [1.807, 2.05) is 0 Å². The van der Waals surface area contributed by atoms with Gasteiger partial charge in [0.25, 0.3) is 0 Å². The first-order chi connectivity index (χ1) is 6.22. The molecule has 0 fully saturated rings. The Morgan fingerprint density at radius 1 is 1.42 bits per heavy atom. The van der Waals surface area contributed by atoms with Crippen LogP contribution in [0, 0.1) is 24.5 Å². The summed E-state index contributed by atoms with van der Waals surface area (Å²) < 4.78 is 7.26. The number of nitrogens with zero attached hydrogens (tertiary/aromatic N) is 3. The molecular formula is C9H3N3. The monoisotopic (exact) mass is 154 g/mol.